The van der Waals surface area contributed by atoms with Gasteiger partial charge in [-0.3, -0.25) is 29.0 Å². The fraction of sp³-hybridized carbons (Fsp3) is 0.500. The average molecular weight is 446 g/mol. The quantitative estimate of drug-likeness (QED) is 0.0943. The maximum absolute atomic E-state index is 11.6. The van der Waals surface area contributed by atoms with Crippen LogP contribution >= 0.6 is 7.82 Å². The van der Waals surface area contributed by atoms with Gasteiger partial charge in [0.25, 0.3) is 0 Å². The van der Waals surface area contributed by atoms with Crippen molar-refractivity contribution in [3.05, 3.63) is 0 Å². The van der Waals surface area contributed by atoms with E-state index in [1.165, 1.54) is 0 Å². The number of rotatable bonds is 11. The third kappa shape index (κ3) is 9.22. The zero-order chi connectivity index (χ0) is 23.2. The van der Waals surface area contributed by atoms with Gasteiger partial charge in [-0.2, -0.15) is 0 Å². The first-order valence-corrected chi connectivity index (χ1v) is 8.58. The Morgan fingerprint density at radius 3 is 1.34 bits per heavy atom. The number of ether oxygens (including phenoxy) is 1. The molecule has 0 heterocycles. The lowest BCUT2D eigenvalue weighted by molar-refractivity contribution is -0.179. The standard InChI is InChI=1S/C12H15O16P/c13-5(14)1-11(22,9(18)19)2-6(15)27-7(16)3-12(23,10(20)21)4-8(17)28-29(24,25)26/h22-23H,1-4H2,(H,13,14)(H,18,19)(H,20,21)(H2,24,25,26). The molecule has 0 fully saturated rings. The number of carboxylic acids is 3. The summed E-state index contributed by atoms with van der Waals surface area (Å²) in [6.07, 6.45) is -6.31. The number of phosphoric acid groups is 1. The van der Waals surface area contributed by atoms with Gasteiger partial charge in [0.05, 0.1) is 25.7 Å². The van der Waals surface area contributed by atoms with Crippen LogP contribution in [0.1, 0.15) is 25.7 Å². The Morgan fingerprint density at radius 1 is 0.690 bits per heavy atom. The van der Waals surface area contributed by atoms with Crippen molar-refractivity contribution >= 4 is 43.6 Å². The molecule has 164 valence electrons. The SMILES string of the molecule is O=C(O)CC(O)(CC(=O)OC(=O)CC(O)(CC(=O)OP(=O)(O)O)C(=O)O)C(=O)O. The van der Waals surface area contributed by atoms with Crippen LogP contribution in [0.4, 0.5) is 0 Å². The number of carboxylic acid groups (broad SMARTS) is 3. The largest absolute Gasteiger partial charge is 0.526 e. The molecule has 0 aromatic carbocycles. The van der Waals surface area contributed by atoms with Crippen LogP contribution in [0.3, 0.4) is 0 Å². The van der Waals surface area contributed by atoms with E-state index in [0.717, 1.165) is 0 Å². The molecule has 0 rings (SSSR count). The molecule has 0 spiro atoms. The van der Waals surface area contributed by atoms with E-state index in [1.54, 1.807) is 0 Å². The van der Waals surface area contributed by atoms with Crippen LogP contribution in [-0.2, 0) is 42.6 Å². The number of esters is 2. The first kappa shape index (κ1) is 26.1. The molecule has 2 atom stereocenters. The summed E-state index contributed by atoms with van der Waals surface area (Å²) in [6.45, 7) is 0. The van der Waals surface area contributed by atoms with E-state index in [2.05, 4.69) is 9.26 Å². The molecule has 0 radical (unpaired) electrons. The van der Waals surface area contributed by atoms with Gasteiger partial charge < -0.3 is 34.8 Å². The number of hydrogen-bond acceptors (Lipinski definition) is 11. The fourth-order valence-corrected chi connectivity index (χ4v) is 2.09. The highest BCUT2D eigenvalue weighted by Gasteiger charge is 2.45. The van der Waals surface area contributed by atoms with Crippen molar-refractivity contribution in [3.8, 4) is 0 Å². The zero-order valence-electron chi connectivity index (χ0n) is 14.1. The van der Waals surface area contributed by atoms with Crippen molar-refractivity contribution in [2.75, 3.05) is 0 Å². The molecular formula is C12H15O16P. The molecule has 2 unspecified atom stereocenters. The molecule has 0 aliphatic heterocycles. The van der Waals surface area contributed by atoms with Crippen LogP contribution < -0.4 is 0 Å². The summed E-state index contributed by atoms with van der Waals surface area (Å²) in [5.74, 6) is -11.8. The Balaban J connectivity index is 5.17. The predicted octanol–water partition coefficient (Wildman–Crippen LogP) is -3.03. The van der Waals surface area contributed by atoms with Gasteiger partial charge in [0.2, 0.25) is 0 Å². The molecule has 0 aliphatic rings. The van der Waals surface area contributed by atoms with Gasteiger partial charge in [-0.05, 0) is 0 Å². The maximum Gasteiger partial charge on any atom is 0.526 e. The minimum atomic E-state index is -5.39. The summed E-state index contributed by atoms with van der Waals surface area (Å²) in [6, 6.07) is 0. The van der Waals surface area contributed by atoms with Gasteiger partial charge in [0.1, 0.15) is 0 Å². The molecule has 29 heavy (non-hydrogen) atoms. The van der Waals surface area contributed by atoms with Gasteiger partial charge in [-0.25, -0.2) is 14.2 Å². The monoisotopic (exact) mass is 446 g/mol. The molecule has 0 saturated heterocycles. The van der Waals surface area contributed by atoms with Gasteiger partial charge >= 0.3 is 43.6 Å². The molecule has 16 nitrogen and oxygen atoms in total. The van der Waals surface area contributed by atoms with Crippen molar-refractivity contribution in [2.24, 2.45) is 0 Å². The van der Waals surface area contributed by atoms with Gasteiger partial charge in [0, 0.05) is 0 Å². The number of aliphatic carboxylic acids is 3. The van der Waals surface area contributed by atoms with Crippen molar-refractivity contribution in [1.82, 2.24) is 0 Å². The Kier molecular flexibility index (Phi) is 8.57. The van der Waals surface area contributed by atoms with Gasteiger partial charge in [-0.15, -0.1) is 0 Å². The Hall–Kier alpha value is -2.91. The second-order valence-corrected chi connectivity index (χ2v) is 6.74. The lowest BCUT2D eigenvalue weighted by atomic mass is 9.95. The van der Waals surface area contributed by atoms with Crippen molar-refractivity contribution in [3.63, 3.8) is 0 Å². The summed E-state index contributed by atoms with van der Waals surface area (Å²) in [5, 5.41) is 45.6. The Bertz CT molecular complexity index is 766. The van der Waals surface area contributed by atoms with E-state index in [-0.39, 0.29) is 0 Å². The zero-order valence-corrected chi connectivity index (χ0v) is 15.0. The van der Waals surface area contributed by atoms with Crippen LogP contribution in [0.25, 0.3) is 0 Å². The number of phosphoric ester groups is 1. The van der Waals surface area contributed by atoms with Crippen LogP contribution in [-0.4, -0.2) is 82.3 Å². The summed E-state index contributed by atoms with van der Waals surface area (Å²) < 4.78 is 18.0. The van der Waals surface area contributed by atoms with Crippen LogP contribution in [0.2, 0.25) is 0 Å². The third-order valence-corrected chi connectivity index (χ3v) is 3.44. The average Bonchev–Trinajstić information content (AvgIpc) is 2.42. The molecule has 0 saturated carbocycles. The molecule has 0 amide bonds. The normalized spacial score (nSPS) is 15.3. The van der Waals surface area contributed by atoms with E-state index in [0.29, 0.717) is 0 Å². The number of carbonyl (C=O) groups excluding carboxylic acids is 3. The lowest BCUT2D eigenvalue weighted by Gasteiger charge is -2.22. The van der Waals surface area contributed by atoms with Gasteiger partial charge in [0.15, 0.2) is 11.2 Å². The first-order valence-electron chi connectivity index (χ1n) is 7.05. The Morgan fingerprint density at radius 2 is 1.03 bits per heavy atom. The van der Waals surface area contributed by atoms with Crippen molar-refractivity contribution < 1.29 is 77.9 Å². The number of hydrogen-bond donors (Lipinski definition) is 7. The smallest absolute Gasteiger partial charge is 0.481 e. The second kappa shape index (κ2) is 9.53. The Labute approximate surface area is 159 Å². The lowest BCUT2D eigenvalue weighted by Crippen LogP contribution is -2.45. The number of carbonyl (C=O) groups is 6. The minimum absolute atomic E-state index is 1.46. The summed E-state index contributed by atoms with van der Waals surface area (Å²) >= 11 is 0. The van der Waals surface area contributed by atoms with E-state index < -0.39 is 80.5 Å². The molecule has 0 aliphatic carbocycles. The molecule has 0 aromatic rings. The molecule has 17 heteroatoms. The van der Waals surface area contributed by atoms with Crippen LogP contribution in [0, 0.1) is 0 Å². The summed E-state index contributed by atoms with van der Waals surface area (Å²) in [5.41, 5.74) is -6.51. The highest BCUT2D eigenvalue weighted by molar-refractivity contribution is 7.46. The van der Waals surface area contributed by atoms with E-state index in [4.69, 9.17) is 25.1 Å². The molecule has 7 N–H and O–H groups in total. The highest BCUT2D eigenvalue weighted by Crippen LogP contribution is 2.37. The third-order valence-electron chi connectivity index (χ3n) is 3.00. The van der Waals surface area contributed by atoms with Crippen LogP contribution in [0.5, 0.6) is 0 Å². The molecule has 0 bridgehead atoms. The second-order valence-electron chi connectivity index (χ2n) is 5.57. The fourth-order valence-electron chi connectivity index (χ4n) is 1.76. The summed E-state index contributed by atoms with van der Waals surface area (Å²) in [7, 11) is -5.39. The first-order chi connectivity index (χ1) is 12.9. The minimum Gasteiger partial charge on any atom is -0.481 e. The number of aliphatic hydroxyl groups is 2. The van der Waals surface area contributed by atoms with E-state index in [9.17, 15) is 43.5 Å². The molecule has 0 aromatic heterocycles. The predicted molar refractivity (Wildman–Crippen MR) is 80.5 cm³/mol. The highest BCUT2D eigenvalue weighted by atomic mass is 31.2. The van der Waals surface area contributed by atoms with Crippen molar-refractivity contribution in [1.29, 1.82) is 0 Å². The van der Waals surface area contributed by atoms with Crippen molar-refractivity contribution in [2.45, 2.75) is 36.9 Å². The van der Waals surface area contributed by atoms with Gasteiger partial charge in [-0.1, -0.05) is 0 Å². The summed E-state index contributed by atoms with van der Waals surface area (Å²) in [4.78, 5) is 83.7. The molecular weight excluding hydrogens is 431 g/mol. The maximum atomic E-state index is 11.6. The van der Waals surface area contributed by atoms with E-state index in [1.807, 2.05) is 0 Å². The van der Waals surface area contributed by atoms with E-state index >= 15 is 0 Å². The van der Waals surface area contributed by atoms with Crippen LogP contribution in [0.15, 0.2) is 0 Å². The topological polar surface area (TPSA) is 280 Å².